The van der Waals surface area contributed by atoms with Crippen molar-refractivity contribution in [1.82, 2.24) is 0 Å². The van der Waals surface area contributed by atoms with E-state index < -0.39 is 0 Å². The lowest BCUT2D eigenvalue weighted by Crippen LogP contribution is -2.10. The highest BCUT2D eigenvalue weighted by molar-refractivity contribution is 5.31. The first-order chi connectivity index (χ1) is 6.27. The minimum atomic E-state index is 0.639. The predicted octanol–water partition coefficient (Wildman–Crippen LogP) is 3.87. The van der Waals surface area contributed by atoms with Gasteiger partial charge in [0.2, 0.25) is 0 Å². The molecule has 0 spiro atoms. The average molecular weight is 174 g/mol. The second-order valence-corrected chi connectivity index (χ2v) is 4.36. The Morgan fingerprint density at radius 3 is 2.92 bits per heavy atom. The molecule has 0 amide bonds. The van der Waals surface area contributed by atoms with Gasteiger partial charge < -0.3 is 0 Å². The summed E-state index contributed by atoms with van der Waals surface area (Å²) in [4.78, 5) is 0. The van der Waals surface area contributed by atoms with Crippen LogP contribution in [-0.4, -0.2) is 0 Å². The molecule has 0 bridgehead atoms. The number of fused-ring (bicyclic) bond motifs is 1. The first-order valence-electron chi connectivity index (χ1n) is 5.33. The van der Waals surface area contributed by atoms with Gasteiger partial charge in [0, 0.05) is 5.92 Å². The second-order valence-electron chi connectivity index (χ2n) is 4.36. The largest absolute Gasteiger partial charge is 0.0838 e. The zero-order valence-corrected chi connectivity index (χ0v) is 8.59. The van der Waals surface area contributed by atoms with Gasteiger partial charge in [0.1, 0.15) is 0 Å². The molecular weight excluding hydrogens is 156 g/mol. The summed E-state index contributed by atoms with van der Waals surface area (Å²) in [5.41, 5.74) is 3.29. The number of rotatable bonds is 1. The monoisotopic (exact) mass is 174 g/mol. The van der Waals surface area contributed by atoms with Gasteiger partial charge in [-0.1, -0.05) is 49.3 Å². The van der Waals surface area contributed by atoms with Gasteiger partial charge in [-0.2, -0.15) is 0 Å². The van der Waals surface area contributed by atoms with E-state index in [0.717, 1.165) is 12.3 Å². The van der Waals surface area contributed by atoms with Crippen molar-refractivity contribution in [3.63, 3.8) is 0 Å². The molecule has 70 valence electrons. The number of allylic oxidation sites excluding steroid dienone is 6. The van der Waals surface area contributed by atoms with Gasteiger partial charge in [0.25, 0.3) is 0 Å². The number of hydrogen-bond acceptors (Lipinski definition) is 0. The molecule has 0 nitrogen and oxygen atoms in total. The van der Waals surface area contributed by atoms with E-state index in [9.17, 15) is 0 Å². The van der Waals surface area contributed by atoms with Crippen LogP contribution in [0.25, 0.3) is 0 Å². The van der Waals surface area contributed by atoms with Crippen LogP contribution < -0.4 is 0 Å². The van der Waals surface area contributed by atoms with Crippen LogP contribution in [0.15, 0.2) is 35.5 Å². The van der Waals surface area contributed by atoms with E-state index in [-0.39, 0.29) is 0 Å². The van der Waals surface area contributed by atoms with E-state index in [2.05, 4.69) is 38.2 Å². The van der Waals surface area contributed by atoms with Gasteiger partial charge in [0.05, 0.1) is 0 Å². The summed E-state index contributed by atoms with van der Waals surface area (Å²) in [7, 11) is 0. The fourth-order valence-corrected chi connectivity index (χ4v) is 2.22. The standard InChI is InChI=1S/C13H18/c1-10(2)12-8-7-11-5-3-4-6-13(11)9-12/h4-6,9-10,13H,3,7-8H2,1-2H3. The molecule has 0 saturated heterocycles. The van der Waals surface area contributed by atoms with E-state index in [1.165, 1.54) is 12.8 Å². The van der Waals surface area contributed by atoms with Crippen molar-refractivity contribution < 1.29 is 0 Å². The van der Waals surface area contributed by atoms with Crippen LogP contribution in [0.1, 0.15) is 33.1 Å². The smallest absolute Gasteiger partial charge is 0.0160 e. The summed E-state index contributed by atoms with van der Waals surface area (Å²) >= 11 is 0. The maximum Gasteiger partial charge on any atom is 0.0160 e. The lowest BCUT2D eigenvalue weighted by Gasteiger charge is -2.26. The Morgan fingerprint density at radius 2 is 2.15 bits per heavy atom. The number of hydrogen-bond donors (Lipinski definition) is 0. The summed E-state index contributed by atoms with van der Waals surface area (Å²) in [6.45, 7) is 4.60. The summed E-state index contributed by atoms with van der Waals surface area (Å²) < 4.78 is 0. The van der Waals surface area contributed by atoms with Crippen LogP contribution in [0.4, 0.5) is 0 Å². The molecule has 2 aliphatic carbocycles. The molecule has 1 atom stereocenters. The van der Waals surface area contributed by atoms with E-state index in [1.54, 1.807) is 11.1 Å². The van der Waals surface area contributed by atoms with E-state index in [1.807, 2.05) is 0 Å². The van der Waals surface area contributed by atoms with Gasteiger partial charge in [0.15, 0.2) is 0 Å². The Balaban J connectivity index is 2.21. The fourth-order valence-electron chi connectivity index (χ4n) is 2.22. The van der Waals surface area contributed by atoms with Crippen LogP contribution in [0.2, 0.25) is 0 Å². The van der Waals surface area contributed by atoms with Crippen LogP contribution >= 0.6 is 0 Å². The summed E-state index contributed by atoms with van der Waals surface area (Å²) in [6.07, 6.45) is 13.2. The first kappa shape index (κ1) is 8.80. The Hall–Kier alpha value is -0.780. The van der Waals surface area contributed by atoms with Crippen molar-refractivity contribution in [2.45, 2.75) is 33.1 Å². The predicted molar refractivity (Wildman–Crippen MR) is 57.5 cm³/mol. The maximum atomic E-state index is 2.47. The van der Waals surface area contributed by atoms with Crippen LogP contribution in [0, 0.1) is 11.8 Å². The van der Waals surface area contributed by atoms with Crippen molar-refractivity contribution in [1.29, 1.82) is 0 Å². The Bertz CT molecular complexity index is 276. The minimum absolute atomic E-state index is 0.639. The third kappa shape index (κ3) is 1.77. The first-order valence-corrected chi connectivity index (χ1v) is 5.33. The second kappa shape index (κ2) is 3.53. The molecule has 0 fully saturated rings. The van der Waals surface area contributed by atoms with Crippen LogP contribution in [0.3, 0.4) is 0 Å². The lowest BCUT2D eigenvalue weighted by atomic mass is 9.80. The maximum absolute atomic E-state index is 2.47. The highest BCUT2D eigenvalue weighted by Crippen LogP contribution is 2.34. The Kier molecular flexibility index (Phi) is 2.39. The average Bonchev–Trinajstić information content (AvgIpc) is 2.17. The van der Waals surface area contributed by atoms with Gasteiger partial charge in [-0.15, -0.1) is 0 Å². The lowest BCUT2D eigenvalue weighted by molar-refractivity contribution is 0.648. The third-order valence-electron chi connectivity index (χ3n) is 3.13. The van der Waals surface area contributed by atoms with Crippen LogP contribution in [0.5, 0.6) is 0 Å². The molecule has 13 heavy (non-hydrogen) atoms. The zero-order valence-electron chi connectivity index (χ0n) is 8.59. The SMILES string of the molecule is CC(C)C1=CC2C=CCC=C2CC1. The van der Waals surface area contributed by atoms with E-state index >= 15 is 0 Å². The highest BCUT2D eigenvalue weighted by Gasteiger charge is 2.18. The molecule has 0 N–H and O–H groups in total. The van der Waals surface area contributed by atoms with Crippen molar-refractivity contribution in [2.75, 3.05) is 0 Å². The Morgan fingerprint density at radius 1 is 1.31 bits per heavy atom. The third-order valence-corrected chi connectivity index (χ3v) is 3.13. The van der Waals surface area contributed by atoms with Crippen LogP contribution in [-0.2, 0) is 0 Å². The fraction of sp³-hybridized carbons (Fsp3) is 0.538. The van der Waals surface area contributed by atoms with Crippen molar-refractivity contribution in [2.24, 2.45) is 11.8 Å². The van der Waals surface area contributed by atoms with Gasteiger partial charge in [-0.3, -0.25) is 0 Å². The van der Waals surface area contributed by atoms with Crippen molar-refractivity contribution >= 4 is 0 Å². The summed E-state index contributed by atoms with van der Waals surface area (Å²) in [5.74, 6) is 1.37. The molecule has 0 aromatic rings. The van der Waals surface area contributed by atoms with E-state index in [4.69, 9.17) is 0 Å². The van der Waals surface area contributed by atoms with Gasteiger partial charge in [-0.05, 0) is 25.2 Å². The molecule has 0 aromatic carbocycles. The molecule has 0 aromatic heterocycles. The Labute approximate surface area is 81.0 Å². The summed E-state index contributed by atoms with van der Waals surface area (Å²) in [6, 6.07) is 0. The van der Waals surface area contributed by atoms with E-state index in [0.29, 0.717) is 5.92 Å². The van der Waals surface area contributed by atoms with Crippen molar-refractivity contribution in [3.05, 3.63) is 35.5 Å². The molecule has 0 heteroatoms. The molecule has 0 radical (unpaired) electrons. The normalized spacial score (nSPS) is 26.8. The molecule has 0 aliphatic heterocycles. The molecule has 1 unspecified atom stereocenters. The molecule has 2 rings (SSSR count). The molecule has 2 aliphatic rings. The molecular formula is C13H18. The zero-order chi connectivity index (χ0) is 9.26. The quantitative estimate of drug-likeness (QED) is 0.529. The topological polar surface area (TPSA) is 0 Å². The van der Waals surface area contributed by atoms with Gasteiger partial charge >= 0.3 is 0 Å². The minimum Gasteiger partial charge on any atom is -0.0838 e. The highest BCUT2D eigenvalue weighted by atomic mass is 14.2. The van der Waals surface area contributed by atoms with Crippen molar-refractivity contribution in [3.8, 4) is 0 Å². The summed E-state index contributed by atoms with van der Waals surface area (Å²) in [5, 5.41) is 0. The molecule has 0 saturated carbocycles. The van der Waals surface area contributed by atoms with Gasteiger partial charge in [-0.25, -0.2) is 0 Å². The molecule has 0 heterocycles.